The Kier molecular flexibility index (Phi) is 7.18. The molecule has 1 aliphatic heterocycles. The van der Waals surface area contributed by atoms with Crippen molar-refractivity contribution in [3.63, 3.8) is 0 Å². The van der Waals surface area contributed by atoms with E-state index in [-0.39, 0.29) is 17.7 Å². The average molecular weight is 389 g/mol. The first-order valence-corrected chi connectivity index (χ1v) is 10.4. The fourth-order valence-electron chi connectivity index (χ4n) is 4.24. The summed E-state index contributed by atoms with van der Waals surface area (Å²) in [5.74, 6) is 1.31. The van der Waals surface area contributed by atoms with Gasteiger partial charge in [0.05, 0.1) is 14.2 Å². The molecule has 1 saturated heterocycles. The molecule has 6 nitrogen and oxygen atoms in total. The molecule has 154 valence electrons. The van der Waals surface area contributed by atoms with Gasteiger partial charge in [-0.25, -0.2) is 0 Å². The van der Waals surface area contributed by atoms with Gasteiger partial charge in [-0.3, -0.25) is 9.59 Å². The van der Waals surface area contributed by atoms with E-state index in [0.717, 1.165) is 25.7 Å². The standard InChI is InChI=1S/C22H32N2O4/c1-27-19-10-9-17(15-20(19)28-2)22(26)24-13-11-16(12-14-24)21(25)23-18-7-5-3-4-6-8-18/h9-10,15-16,18H,3-8,11-14H2,1-2H3,(H,23,25). The minimum atomic E-state index is -0.0245. The van der Waals surface area contributed by atoms with Gasteiger partial charge in [0.1, 0.15) is 0 Å². The van der Waals surface area contributed by atoms with Crippen molar-refractivity contribution < 1.29 is 19.1 Å². The summed E-state index contributed by atoms with van der Waals surface area (Å²) < 4.78 is 10.5. The van der Waals surface area contributed by atoms with Crippen molar-refractivity contribution in [3.8, 4) is 11.5 Å². The Balaban J connectivity index is 1.53. The van der Waals surface area contributed by atoms with Crippen LogP contribution in [0.3, 0.4) is 0 Å². The number of likely N-dealkylation sites (tertiary alicyclic amines) is 1. The molecule has 0 radical (unpaired) electrons. The third kappa shape index (κ3) is 4.97. The number of nitrogens with one attached hydrogen (secondary N) is 1. The van der Waals surface area contributed by atoms with E-state index < -0.39 is 0 Å². The minimum Gasteiger partial charge on any atom is -0.493 e. The van der Waals surface area contributed by atoms with Crippen LogP contribution in [0.1, 0.15) is 61.7 Å². The Labute approximate surface area is 167 Å². The zero-order chi connectivity index (χ0) is 19.9. The zero-order valence-corrected chi connectivity index (χ0v) is 17.0. The first-order chi connectivity index (χ1) is 13.6. The van der Waals surface area contributed by atoms with Crippen LogP contribution in [0.15, 0.2) is 18.2 Å². The Morgan fingerprint density at radius 2 is 1.57 bits per heavy atom. The van der Waals surface area contributed by atoms with Gasteiger partial charge in [-0.15, -0.1) is 0 Å². The summed E-state index contributed by atoms with van der Waals surface area (Å²) in [5, 5.41) is 3.26. The van der Waals surface area contributed by atoms with Gasteiger partial charge >= 0.3 is 0 Å². The van der Waals surface area contributed by atoms with Gasteiger partial charge in [-0.2, -0.15) is 0 Å². The number of piperidine rings is 1. The van der Waals surface area contributed by atoms with E-state index in [2.05, 4.69) is 5.32 Å². The maximum atomic E-state index is 12.8. The molecule has 2 fully saturated rings. The molecule has 0 aromatic heterocycles. The van der Waals surface area contributed by atoms with Crippen molar-refractivity contribution in [1.82, 2.24) is 10.2 Å². The molecule has 0 bridgehead atoms. The predicted octanol–water partition coefficient (Wildman–Crippen LogP) is 3.40. The topological polar surface area (TPSA) is 67.9 Å². The smallest absolute Gasteiger partial charge is 0.253 e. The quantitative estimate of drug-likeness (QED) is 0.785. The lowest BCUT2D eigenvalue weighted by Crippen LogP contribution is -2.45. The maximum Gasteiger partial charge on any atom is 0.253 e. The van der Waals surface area contributed by atoms with Gasteiger partial charge in [0.15, 0.2) is 11.5 Å². The number of hydrogen-bond acceptors (Lipinski definition) is 4. The first kappa shape index (κ1) is 20.5. The average Bonchev–Trinajstić information content (AvgIpc) is 3.01. The molecule has 1 saturated carbocycles. The van der Waals surface area contributed by atoms with Crippen LogP contribution < -0.4 is 14.8 Å². The van der Waals surface area contributed by atoms with Crippen molar-refractivity contribution in [1.29, 1.82) is 0 Å². The molecule has 1 aromatic rings. The second kappa shape index (κ2) is 9.80. The summed E-state index contributed by atoms with van der Waals surface area (Å²) in [7, 11) is 3.13. The molecule has 1 heterocycles. The fourth-order valence-corrected chi connectivity index (χ4v) is 4.24. The number of methoxy groups -OCH3 is 2. The van der Waals surface area contributed by atoms with Crippen molar-refractivity contribution in [2.45, 2.75) is 57.4 Å². The second-order valence-electron chi connectivity index (χ2n) is 7.83. The summed E-state index contributed by atoms with van der Waals surface area (Å²) in [5.41, 5.74) is 0.582. The van der Waals surface area contributed by atoms with Gasteiger partial charge < -0.3 is 19.7 Å². The number of benzene rings is 1. The van der Waals surface area contributed by atoms with E-state index in [1.807, 2.05) is 4.90 Å². The lowest BCUT2D eigenvalue weighted by molar-refractivity contribution is -0.127. The summed E-state index contributed by atoms with van der Waals surface area (Å²) in [4.78, 5) is 27.3. The third-order valence-electron chi connectivity index (χ3n) is 5.99. The molecule has 2 aliphatic rings. The lowest BCUT2D eigenvalue weighted by Gasteiger charge is -2.32. The monoisotopic (exact) mass is 388 g/mol. The van der Waals surface area contributed by atoms with Crippen LogP contribution in [0.2, 0.25) is 0 Å². The van der Waals surface area contributed by atoms with Gasteiger partial charge in [0.2, 0.25) is 5.91 Å². The van der Waals surface area contributed by atoms with Gasteiger partial charge in [0, 0.05) is 30.6 Å². The van der Waals surface area contributed by atoms with Gasteiger partial charge in [0.25, 0.3) is 5.91 Å². The molecule has 1 aliphatic carbocycles. The Morgan fingerprint density at radius 3 is 2.18 bits per heavy atom. The van der Waals surface area contributed by atoms with E-state index in [1.165, 1.54) is 25.7 Å². The van der Waals surface area contributed by atoms with Crippen molar-refractivity contribution in [3.05, 3.63) is 23.8 Å². The highest BCUT2D eigenvalue weighted by atomic mass is 16.5. The van der Waals surface area contributed by atoms with Gasteiger partial charge in [-0.1, -0.05) is 25.7 Å². The van der Waals surface area contributed by atoms with Crippen LogP contribution in [0.5, 0.6) is 11.5 Å². The normalized spacial score (nSPS) is 19.0. The number of ether oxygens (including phenoxy) is 2. The third-order valence-corrected chi connectivity index (χ3v) is 5.99. The number of nitrogens with zero attached hydrogens (tertiary/aromatic N) is 1. The van der Waals surface area contributed by atoms with E-state index in [0.29, 0.717) is 36.2 Å². The SMILES string of the molecule is COc1ccc(C(=O)N2CCC(C(=O)NC3CCCCCC3)CC2)cc1OC. The lowest BCUT2D eigenvalue weighted by atomic mass is 9.94. The minimum absolute atomic E-state index is 0.0118. The van der Waals surface area contributed by atoms with Crippen molar-refractivity contribution in [2.24, 2.45) is 5.92 Å². The number of carbonyl (C=O) groups excluding carboxylic acids is 2. The molecular formula is C22H32N2O4. The molecule has 1 N–H and O–H groups in total. The van der Waals surface area contributed by atoms with Crippen LogP contribution >= 0.6 is 0 Å². The number of rotatable bonds is 5. The zero-order valence-electron chi connectivity index (χ0n) is 17.0. The fraction of sp³-hybridized carbons (Fsp3) is 0.636. The summed E-state index contributed by atoms with van der Waals surface area (Å²) >= 11 is 0. The predicted molar refractivity (Wildman–Crippen MR) is 108 cm³/mol. The van der Waals surface area contributed by atoms with Crippen LogP contribution in [0.4, 0.5) is 0 Å². The van der Waals surface area contributed by atoms with E-state index in [4.69, 9.17) is 9.47 Å². The summed E-state index contributed by atoms with van der Waals surface area (Å²) in [6.07, 6.45) is 8.62. The number of amides is 2. The van der Waals surface area contributed by atoms with E-state index >= 15 is 0 Å². The molecule has 0 spiro atoms. The van der Waals surface area contributed by atoms with Crippen LogP contribution in [0.25, 0.3) is 0 Å². The molecule has 0 unspecified atom stereocenters. The number of hydrogen-bond donors (Lipinski definition) is 1. The summed E-state index contributed by atoms with van der Waals surface area (Å²) in [6.45, 7) is 1.21. The second-order valence-corrected chi connectivity index (χ2v) is 7.83. The molecule has 3 rings (SSSR count). The number of carbonyl (C=O) groups is 2. The molecule has 2 amide bonds. The molecule has 1 aromatic carbocycles. The van der Waals surface area contributed by atoms with E-state index in [1.54, 1.807) is 32.4 Å². The molecule has 28 heavy (non-hydrogen) atoms. The molecule has 0 atom stereocenters. The highest BCUT2D eigenvalue weighted by Gasteiger charge is 2.29. The summed E-state index contributed by atoms with van der Waals surface area (Å²) in [6, 6.07) is 5.56. The van der Waals surface area contributed by atoms with Crippen molar-refractivity contribution >= 4 is 11.8 Å². The molecular weight excluding hydrogens is 356 g/mol. The van der Waals surface area contributed by atoms with Gasteiger partial charge in [-0.05, 0) is 43.9 Å². The van der Waals surface area contributed by atoms with Crippen LogP contribution in [-0.4, -0.2) is 50.1 Å². The maximum absolute atomic E-state index is 12.8. The first-order valence-electron chi connectivity index (χ1n) is 10.4. The van der Waals surface area contributed by atoms with Crippen LogP contribution in [-0.2, 0) is 4.79 Å². The Morgan fingerprint density at radius 1 is 0.929 bits per heavy atom. The largest absolute Gasteiger partial charge is 0.493 e. The van der Waals surface area contributed by atoms with E-state index in [9.17, 15) is 9.59 Å². The Hall–Kier alpha value is -2.24. The highest BCUT2D eigenvalue weighted by molar-refractivity contribution is 5.95. The Bertz CT molecular complexity index is 675. The van der Waals surface area contributed by atoms with Crippen LogP contribution in [0, 0.1) is 5.92 Å². The molecule has 6 heteroatoms. The highest BCUT2D eigenvalue weighted by Crippen LogP contribution is 2.29. The van der Waals surface area contributed by atoms with Crippen molar-refractivity contribution in [2.75, 3.05) is 27.3 Å².